The highest BCUT2D eigenvalue weighted by atomic mass is 19.1. The second kappa shape index (κ2) is 10.1. The van der Waals surface area contributed by atoms with Gasteiger partial charge in [0.1, 0.15) is 22.8 Å². The molecule has 0 saturated carbocycles. The van der Waals surface area contributed by atoms with E-state index in [2.05, 4.69) is 15.0 Å². The third-order valence-electron chi connectivity index (χ3n) is 6.56. The van der Waals surface area contributed by atoms with Crippen LogP contribution in [0.5, 0.6) is 11.5 Å². The second-order valence-corrected chi connectivity index (χ2v) is 9.10. The summed E-state index contributed by atoms with van der Waals surface area (Å²) in [4.78, 5) is 21.0. The van der Waals surface area contributed by atoms with Gasteiger partial charge >= 0.3 is 5.97 Å². The summed E-state index contributed by atoms with van der Waals surface area (Å²) < 4.78 is 60.6. The molecule has 0 saturated heterocycles. The van der Waals surface area contributed by atoms with Gasteiger partial charge in [0.2, 0.25) is 0 Å². The zero-order valence-electron chi connectivity index (χ0n) is 23.7. The van der Waals surface area contributed by atoms with Crippen LogP contribution >= 0.6 is 0 Å². The number of aromatic nitrogens is 3. The van der Waals surface area contributed by atoms with Crippen LogP contribution < -0.4 is 4.74 Å². The van der Waals surface area contributed by atoms with Crippen molar-refractivity contribution in [2.45, 2.75) is 32.0 Å². The normalized spacial score (nSPS) is 14.2. The van der Waals surface area contributed by atoms with E-state index in [1.54, 1.807) is 31.3 Å². The van der Waals surface area contributed by atoms with Gasteiger partial charge in [-0.1, -0.05) is 24.3 Å². The van der Waals surface area contributed by atoms with Gasteiger partial charge in [0.05, 0.1) is 23.5 Å². The van der Waals surface area contributed by atoms with Gasteiger partial charge in [0.25, 0.3) is 0 Å². The first-order valence-corrected chi connectivity index (χ1v) is 12.0. The molecule has 0 fully saturated rings. The number of halogens is 2. The number of nitriles is 1. The summed E-state index contributed by atoms with van der Waals surface area (Å²) in [6, 6.07) is 14.9. The molecule has 0 aliphatic carbocycles. The number of rotatable bonds is 8. The van der Waals surface area contributed by atoms with E-state index in [1.165, 1.54) is 30.3 Å². The number of carboxylic acids is 1. The Bertz CT molecular complexity index is 1860. The Morgan fingerprint density at radius 1 is 1.21 bits per heavy atom. The summed E-state index contributed by atoms with van der Waals surface area (Å²) in [6.07, 6.45) is 2.80. The molecular formula is C30H24F2N4O3. The molecule has 2 heterocycles. The van der Waals surface area contributed by atoms with Crippen LogP contribution in [0.25, 0.3) is 22.3 Å². The van der Waals surface area contributed by atoms with Crippen molar-refractivity contribution in [1.82, 2.24) is 15.0 Å². The molecule has 39 heavy (non-hydrogen) atoms. The third-order valence-corrected chi connectivity index (χ3v) is 6.56. The van der Waals surface area contributed by atoms with E-state index >= 15 is 4.39 Å². The monoisotopic (exact) mass is 529 g/mol. The van der Waals surface area contributed by atoms with E-state index in [0.717, 1.165) is 17.6 Å². The van der Waals surface area contributed by atoms with Gasteiger partial charge in [-0.25, -0.2) is 13.8 Å². The Hall–Kier alpha value is -4.97. The number of benzene rings is 3. The maximum absolute atomic E-state index is 15.0. The molecule has 0 amide bonds. The number of imidazole rings is 1. The van der Waals surface area contributed by atoms with Crippen molar-refractivity contribution in [3.8, 4) is 29.0 Å². The summed E-state index contributed by atoms with van der Waals surface area (Å²) in [5.41, 5.74) is -0.647. The Labute approximate surface area is 226 Å². The lowest BCUT2D eigenvalue weighted by Gasteiger charge is -2.21. The Balaban J connectivity index is 1.55. The quantitative estimate of drug-likeness (QED) is 0.205. The SMILES string of the molecule is [2H]C([2H])([2H])C(C#N)(c1cccc(CCC(=O)O)c1)c1cnc(-c2cc(Oc3c(F)cc4[nH]ccc4c3C)ccc2F)[nH]1. The van der Waals surface area contributed by atoms with Crippen molar-refractivity contribution in [1.29, 1.82) is 5.26 Å². The Kier molecular flexibility index (Phi) is 5.69. The van der Waals surface area contributed by atoms with Gasteiger partial charge in [-0.3, -0.25) is 4.79 Å². The zero-order valence-corrected chi connectivity index (χ0v) is 20.7. The predicted molar refractivity (Wildman–Crippen MR) is 142 cm³/mol. The minimum atomic E-state index is -2.90. The van der Waals surface area contributed by atoms with Crippen LogP contribution in [0.4, 0.5) is 8.78 Å². The van der Waals surface area contributed by atoms with Gasteiger partial charge < -0.3 is 19.8 Å². The molecule has 0 radical (unpaired) electrons. The number of carbonyl (C=O) groups is 1. The summed E-state index contributed by atoms with van der Waals surface area (Å²) in [7, 11) is 0. The first kappa shape index (κ1) is 22.1. The average molecular weight is 530 g/mol. The topological polar surface area (TPSA) is 115 Å². The highest BCUT2D eigenvalue weighted by Gasteiger charge is 2.32. The largest absolute Gasteiger partial charge is 0.481 e. The van der Waals surface area contributed by atoms with E-state index in [4.69, 9.17) is 14.0 Å². The Morgan fingerprint density at radius 2 is 2.05 bits per heavy atom. The maximum atomic E-state index is 15.0. The number of H-pyrrole nitrogens is 2. The lowest BCUT2D eigenvalue weighted by molar-refractivity contribution is -0.136. The summed E-state index contributed by atoms with van der Waals surface area (Å²) in [5, 5.41) is 20.1. The van der Waals surface area contributed by atoms with Crippen molar-refractivity contribution in [2.24, 2.45) is 0 Å². The molecule has 5 aromatic rings. The number of aryl methyl sites for hydroxylation is 2. The van der Waals surface area contributed by atoms with Crippen LogP contribution in [0, 0.1) is 29.9 Å². The molecule has 3 N–H and O–H groups in total. The molecule has 7 nitrogen and oxygen atoms in total. The fourth-order valence-electron chi connectivity index (χ4n) is 4.46. The maximum Gasteiger partial charge on any atom is 0.303 e. The molecule has 1 atom stereocenters. The Morgan fingerprint density at radius 3 is 2.82 bits per heavy atom. The van der Waals surface area contributed by atoms with E-state index < -0.39 is 29.9 Å². The lowest BCUT2D eigenvalue weighted by Crippen LogP contribution is -2.22. The van der Waals surface area contributed by atoms with Gasteiger partial charge in [-0.05, 0) is 55.6 Å². The molecule has 0 aliphatic heterocycles. The zero-order chi connectivity index (χ0) is 30.2. The molecular weight excluding hydrogens is 502 g/mol. The van der Waals surface area contributed by atoms with Crippen molar-refractivity contribution in [3.63, 3.8) is 0 Å². The van der Waals surface area contributed by atoms with Crippen LogP contribution in [0.1, 0.15) is 39.8 Å². The van der Waals surface area contributed by atoms with Gasteiger partial charge in [-0.15, -0.1) is 0 Å². The van der Waals surface area contributed by atoms with Crippen LogP contribution in [0.3, 0.4) is 0 Å². The van der Waals surface area contributed by atoms with E-state index in [0.29, 0.717) is 16.6 Å². The molecule has 0 aliphatic rings. The fourth-order valence-corrected chi connectivity index (χ4v) is 4.46. The third kappa shape index (κ3) is 4.84. The summed E-state index contributed by atoms with van der Waals surface area (Å²) in [5.74, 6) is -2.35. The molecule has 0 bridgehead atoms. The van der Waals surface area contributed by atoms with Crippen molar-refractivity contribution in [3.05, 3.63) is 101 Å². The number of nitrogens with one attached hydrogen (secondary N) is 2. The number of nitrogens with zero attached hydrogens (tertiary/aromatic N) is 2. The van der Waals surface area contributed by atoms with Crippen molar-refractivity contribution < 1.29 is 27.5 Å². The van der Waals surface area contributed by atoms with Crippen LogP contribution in [0.15, 0.2) is 67.0 Å². The first-order valence-electron chi connectivity index (χ1n) is 13.5. The van der Waals surface area contributed by atoms with E-state index in [9.17, 15) is 14.4 Å². The van der Waals surface area contributed by atoms with Crippen LogP contribution in [-0.2, 0) is 16.6 Å². The molecule has 0 spiro atoms. The number of aliphatic carboxylic acids is 1. The van der Waals surface area contributed by atoms with Gasteiger partial charge in [0, 0.05) is 39.3 Å². The number of ether oxygens (including phenoxy) is 1. The number of carboxylic acid groups (broad SMARTS) is 1. The standard InChI is InChI=1S/C30H24F2N4O3/c1-17-21-10-11-34-25(21)14-24(32)28(17)39-20-7-8-23(31)22(13-20)29-35-15-26(36-29)30(2,16-33)19-5-3-4-18(12-19)6-9-27(37)38/h3-5,7-8,10-15,34H,6,9H2,1-2H3,(H,35,36)(H,37,38)/i2D3. The molecule has 196 valence electrons. The highest BCUT2D eigenvalue weighted by molar-refractivity contribution is 5.85. The summed E-state index contributed by atoms with van der Waals surface area (Å²) >= 11 is 0. The number of hydrogen-bond donors (Lipinski definition) is 3. The molecule has 9 heteroatoms. The molecule has 3 aromatic carbocycles. The predicted octanol–water partition coefficient (Wildman–Crippen LogP) is 6.78. The molecule has 5 rings (SSSR count). The van der Waals surface area contributed by atoms with E-state index in [-0.39, 0.29) is 47.0 Å². The number of fused-ring (bicyclic) bond motifs is 1. The van der Waals surface area contributed by atoms with Gasteiger partial charge in [0.15, 0.2) is 11.6 Å². The van der Waals surface area contributed by atoms with Crippen molar-refractivity contribution in [2.75, 3.05) is 0 Å². The minimum absolute atomic E-state index is 0.0338. The molecule has 2 aromatic heterocycles. The molecule has 1 unspecified atom stereocenters. The average Bonchev–Trinajstić information content (AvgIpc) is 3.61. The van der Waals surface area contributed by atoms with Crippen LogP contribution in [0.2, 0.25) is 0 Å². The smallest absolute Gasteiger partial charge is 0.303 e. The first-order chi connectivity index (χ1) is 19.9. The van der Waals surface area contributed by atoms with Gasteiger partial charge in [-0.2, -0.15) is 5.26 Å². The second-order valence-electron chi connectivity index (χ2n) is 9.10. The van der Waals surface area contributed by atoms with Crippen molar-refractivity contribution >= 4 is 16.9 Å². The summed E-state index contributed by atoms with van der Waals surface area (Å²) in [6.45, 7) is -1.20. The van der Waals surface area contributed by atoms with E-state index in [1.807, 2.05) is 6.07 Å². The highest BCUT2D eigenvalue weighted by Crippen LogP contribution is 2.36. The number of aromatic amines is 2. The minimum Gasteiger partial charge on any atom is -0.481 e. The lowest BCUT2D eigenvalue weighted by atomic mass is 9.80. The number of hydrogen-bond acceptors (Lipinski definition) is 4. The van der Waals surface area contributed by atoms with Crippen LogP contribution in [-0.4, -0.2) is 26.0 Å². The fraction of sp³-hybridized carbons (Fsp3) is 0.167.